The molecule has 2 heterocycles. The number of fused-ring (bicyclic) bond motifs is 1. The fraction of sp³-hybridized carbons (Fsp3) is 0.500. The minimum absolute atomic E-state index is 0.139. The summed E-state index contributed by atoms with van der Waals surface area (Å²) in [7, 11) is 0. The molecule has 1 fully saturated rings. The fourth-order valence-corrected chi connectivity index (χ4v) is 4.27. The van der Waals surface area contributed by atoms with Crippen molar-refractivity contribution in [3.8, 4) is 0 Å². The van der Waals surface area contributed by atoms with Crippen LogP contribution in [0.15, 0.2) is 29.3 Å². The zero-order chi connectivity index (χ0) is 21.5. The van der Waals surface area contributed by atoms with Gasteiger partial charge < -0.3 is 16.0 Å². The van der Waals surface area contributed by atoms with Gasteiger partial charge in [-0.25, -0.2) is 8.78 Å². The van der Waals surface area contributed by atoms with Crippen LogP contribution in [0.5, 0.6) is 0 Å². The van der Waals surface area contributed by atoms with Gasteiger partial charge in [-0.05, 0) is 39.8 Å². The molecular weight excluding hydrogens is 390 g/mol. The molecule has 5 nitrogen and oxygen atoms in total. The molecule has 1 aromatic rings. The molecule has 0 radical (unpaired) electrons. The van der Waals surface area contributed by atoms with Gasteiger partial charge in [-0.15, -0.1) is 0 Å². The van der Waals surface area contributed by atoms with Crippen molar-refractivity contribution in [3.05, 3.63) is 46.5 Å². The molecule has 158 valence electrons. The largest absolute Gasteiger partial charge is 0.354 e. The monoisotopic (exact) mass is 413 g/mol. The topological polar surface area (TPSA) is 70.2 Å². The average molecular weight is 413 g/mol. The Kier molecular flexibility index (Phi) is 5.71. The Hall–Kier alpha value is -2.42. The lowest BCUT2D eigenvalue weighted by atomic mass is 9.76. The van der Waals surface area contributed by atoms with Crippen molar-refractivity contribution in [2.75, 3.05) is 6.54 Å². The molecule has 0 saturated carbocycles. The van der Waals surface area contributed by atoms with E-state index in [9.17, 15) is 18.4 Å². The van der Waals surface area contributed by atoms with Gasteiger partial charge in [0.05, 0.1) is 11.6 Å². The average Bonchev–Trinajstić information content (AvgIpc) is 2.60. The van der Waals surface area contributed by atoms with Crippen LogP contribution in [-0.4, -0.2) is 36.4 Å². The zero-order valence-corrected chi connectivity index (χ0v) is 16.3. The molecule has 9 heteroatoms. The second-order valence-corrected chi connectivity index (χ2v) is 7.63. The van der Waals surface area contributed by atoms with Gasteiger partial charge in [0.2, 0.25) is 0 Å². The smallest absolute Gasteiger partial charge is 0.349 e. The SMILES string of the molecule is CC1=C(C(F)(F)C(=O)N[C@@H](C)c2ccc(F)cc2F)C(=O)NC2CCNC(C)C12. The molecule has 0 aromatic heterocycles. The summed E-state index contributed by atoms with van der Waals surface area (Å²) in [5.41, 5.74) is -0.850. The van der Waals surface area contributed by atoms with Crippen molar-refractivity contribution < 1.29 is 27.2 Å². The summed E-state index contributed by atoms with van der Waals surface area (Å²) in [6.45, 7) is 5.24. The fourth-order valence-electron chi connectivity index (χ4n) is 4.27. The first-order chi connectivity index (χ1) is 13.5. The second kappa shape index (κ2) is 7.78. The molecule has 3 unspecified atom stereocenters. The number of hydrogen-bond acceptors (Lipinski definition) is 3. The van der Waals surface area contributed by atoms with Crippen molar-refractivity contribution in [2.24, 2.45) is 5.92 Å². The first-order valence-corrected chi connectivity index (χ1v) is 9.43. The van der Waals surface area contributed by atoms with Gasteiger partial charge in [-0.1, -0.05) is 11.6 Å². The molecule has 2 aliphatic rings. The van der Waals surface area contributed by atoms with Crippen LogP contribution in [0.1, 0.15) is 38.8 Å². The highest BCUT2D eigenvalue weighted by molar-refractivity contribution is 6.05. The van der Waals surface area contributed by atoms with E-state index in [1.54, 1.807) is 0 Å². The van der Waals surface area contributed by atoms with Gasteiger partial charge >= 0.3 is 5.92 Å². The predicted octanol–water partition coefficient (Wildman–Crippen LogP) is 2.59. The molecule has 3 N–H and O–H groups in total. The molecule has 0 bridgehead atoms. The molecule has 0 aliphatic carbocycles. The van der Waals surface area contributed by atoms with Crippen LogP contribution < -0.4 is 16.0 Å². The van der Waals surface area contributed by atoms with E-state index in [4.69, 9.17) is 0 Å². The first kappa shape index (κ1) is 21.3. The summed E-state index contributed by atoms with van der Waals surface area (Å²) >= 11 is 0. The van der Waals surface area contributed by atoms with E-state index < -0.39 is 41.0 Å². The molecular formula is C20H23F4N3O2. The van der Waals surface area contributed by atoms with E-state index >= 15 is 8.78 Å². The number of nitrogens with one attached hydrogen (secondary N) is 3. The second-order valence-electron chi connectivity index (χ2n) is 7.63. The molecule has 1 saturated heterocycles. The molecule has 1 aromatic carbocycles. The van der Waals surface area contributed by atoms with Gasteiger partial charge in [0, 0.05) is 29.6 Å². The molecule has 0 spiro atoms. The van der Waals surface area contributed by atoms with Crippen LogP contribution in [0.2, 0.25) is 0 Å². The van der Waals surface area contributed by atoms with Crippen LogP contribution >= 0.6 is 0 Å². The van der Waals surface area contributed by atoms with Crippen molar-refractivity contribution in [1.29, 1.82) is 0 Å². The lowest BCUT2D eigenvalue weighted by Gasteiger charge is -2.43. The lowest BCUT2D eigenvalue weighted by Crippen LogP contribution is -2.60. The van der Waals surface area contributed by atoms with E-state index in [1.165, 1.54) is 13.8 Å². The van der Waals surface area contributed by atoms with E-state index in [-0.39, 0.29) is 29.1 Å². The number of carbonyl (C=O) groups excluding carboxylic acids is 2. The number of piperidine rings is 1. The van der Waals surface area contributed by atoms with E-state index in [2.05, 4.69) is 10.6 Å². The predicted molar refractivity (Wildman–Crippen MR) is 98.1 cm³/mol. The lowest BCUT2D eigenvalue weighted by molar-refractivity contribution is -0.145. The molecule has 29 heavy (non-hydrogen) atoms. The third-order valence-electron chi connectivity index (χ3n) is 5.71. The number of halogens is 4. The summed E-state index contributed by atoms with van der Waals surface area (Å²) in [5, 5.41) is 7.82. The van der Waals surface area contributed by atoms with Crippen LogP contribution in [0.4, 0.5) is 17.6 Å². The number of amides is 2. The first-order valence-electron chi connectivity index (χ1n) is 9.43. The summed E-state index contributed by atoms with van der Waals surface area (Å²) in [6, 6.07) is 1.09. The van der Waals surface area contributed by atoms with Crippen molar-refractivity contribution in [2.45, 2.75) is 51.2 Å². The summed E-state index contributed by atoms with van der Waals surface area (Å²) in [4.78, 5) is 24.8. The Labute approximate surface area is 165 Å². The number of rotatable bonds is 4. The minimum atomic E-state index is -4.11. The van der Waals surface area contributed by atoms with Crippen LogP contribution in [0.25, 0.3) is 0 Å². The molecule has 2 aliphatic heterocycles. The van der Waals surface area contributed by atoms with Gasteiger partial charge in [-0.3, -0.25) is 9.59 Å². The Balaban J connectivity index is 1.87. The molecule has 3 rings (SSSR count). The summed E-state index contributed by atoms with van der Waals surface area (Å²) < 4.78 is 57.0. The van der Waals surface area contributed by atoms with Crippen LogP contribution in [0, 0.1) is 17.6 Å². The number of benzene rings is 1. The summed E-state index contributed by atoms with van der Waals surface area (Å²) in [6.07, 6.45) is 0.601. The summed E-state index contributed by atoms with van der Waals surface area (Å²) in [5.74, 6) is -8.94. The Morgan fingerprint density at radius 2 is 2.00 bits per heavy atom. The Bertz CT molecular complexity index is 871. The van der Waals surface area contributed by atoms with E-state index in [0.717, 1.165) is 12.1 Å². The third kappa shape index (κ3) is 3.88. The zero-order valence-electron chi connectivity index (χ0n) is 16.3. The van der Waals surface area contributed by atoms with Gasteiger partial charge in [0.15, 0.2) is 0 Å². The maximum Gasteiger partial charge on any atom is 0.354 e. The van der Waals surface area contributed by atoms with Gasteiger partial charge in [0.1, 0.15) is 11.6 Å². The van der Waals surface area contributed by atoms with E-state index in [1.807, 2.05) is 12.2 Å². The quantitative estimate of drug-likeness (QED) is 0.665. The highest BCUT2D eigenvalue weighted by Gasteiger charge is 2.52. The number of carbonyl (C=O) groups is 2. The third-order valence-corrected chi connectivity index (χ3v) is 5.71. The highest BCUT2D eigenvalue weighted by atomic mass is 19.3. The van der Waals surface area contributed by atoms with Gasteiger partial charge in [-0.2, -0.15) is 8.78 Å². The van der Waals surface area contributed by atoms with E-state index in [0.29, 0.717) is 19.0 Å². The van der Waals surface area contributed by atoms with Crippen molar-refractivity contribution in [1.82, 2.24) is 16.0 Å². The maximum atomic E-state index is 15.0. The minimum Gasteiger partial charge on any atom is -0.349 e. The van der Waals surface area contributed by atoms with Crippen molar-refractivity contribution in [3.63, 3.8) is 0 Å². The normalized spacial score (nSPS) is 25.9. The maximum absolute atomic E-state index is 15.0. The van der Waals surface area contributed by atoms with Crippen LogP contribution in [-0.2, 0) is 9.59 Å². The van der Waals surface area contributed by atoms with Crippen molar-refractivity contribution >= 4 is 11.8 Å². The highest BCUT2D eigenvalue weighted by Crippen LogP contribution is 2.38. The standard InChI is InChI=1S/C20H23F4N3O2/c1-9-16-11(3)25-7-6-15(16)27-18(28)17(9)20(23,24)19(29)26-10(2)13-5-4-12(21)8-14(13)22/h4-5,8,10-11,15-16,25H,6-7H2,1-3H3,(H,26,29)(H,27,28)/t10-,11?,15?,16?/m0/s1. The van der Waals surface area contributed by atoms with Gasteiger partial charge in [0.25, 0.3) is 11.8 Å². The number of hydrogen-bond donors (Lipinski definition) is 3. The Morgan fingerprint density at radius 1 is 1.31 bits per heavy atom. The van der Waals surface area contributed by atoms with Crippen LogP contribution in [0.3, 0.4) is 0 Å². The number of alkyl halides is 2. The molecule has 2 amide bonds. The Morgan fingerprint density at radius 3 is 2.66 bits per heavy atom. The molecule has 4 atom stereocenters.